The first kappa shape index (κ1) is 21.2. The third-order valence-electron chi connectivity index (χ3n) is 5.57. The molecule has 2 aromatic rings. The lowest BCUT2D eigenvalue weighted by Crippen LogP contribution is -2.39. The van der Waals surface area contributed by atoms with E-state index in [9.17, 15) is 0 Å². The number of thiocarbonyl (C=S) groups is 1. The lowest BCUT2D eigenvalue weighted by molar-refractivity contribution is 0.414. The summed E-state index contributed by atoms with van der Waals surface area (Å²) in [5, 5.41) is 8.74. The number of anilines is 2. The van der Waals surface area contributed by atoms with Crippen LogP contribution in [-0.2, 0) is 0 Å². The van der Waals surface area contributed by atoms with Crippen molar-refractivity contribution in [1.82, 2.24) is 25.3 Å². The maximum atomic E-state index is 5.56. The molecular weight excluding hydrogens is 414 g/mol. The predicted octanol–water partition coefficient (Wildman–Crippen LogP) is 4.27. The average molecular weight is 444 g/mol. The van der Waals surface area contributed by atoms with Crippen molar-refractivity contribution in [1.29, 1.82) is 0 Å². The SMILES string of the molecule is C[C@H]1CCCN(c2cc(Sc3ncccn3)nc(NC(=S)NC3CCCCC3)n2)C1. The van der Waals surface area contributed by atoms with Gasteiger partial charge in [0, 0.05) is 37.6 Å². The molecule has 1 aliphatic heterocycles. The maximum Gasteiger partial charge on any atom is 0.232 e. The van der Waals surface area contributed by atoms with Crippen LogP contribution in [0.4, 0.5) is 11.8 Å². The highest BCUT2D eigenvalue weighted by atomic mass is 32.2. The van der Waals surface area contributed by atoms with Crippen LogP contribution in [0.5, 0.6) is 0 Å². The minimum absolute atomic E-state index is 0.441. The summed E-state index contributed by atoms with van der Waals surface area (Å²) >= 11 is 7.00. The second-order valence-corrected chi connectivity index (χ2v) is 9.54. The van der Waals surface area contributed by atoms with Gasteiger partial charge in [0.15, 0.2) is 10.3 Å². The number of nitrogens with one attached hydrogen (secondary N) is 2. The van der Waals surface area contributed by atoms with E-state index in [-0.39, 0.29) is 0 Å². The molecule has 4 rings (SSSR count). The lowest BCUT2D eigenvalue weighted by Gasteiger charge is -2.32. The van der Waals surface area contributed by atoms with Crippen molar-refractivity contribution < 1.29 is 0 Å². The topological polar surface area (TPSA) is 78.9 Å². The molecule has 1 saturated carbocycles. The van der Waals surface area contributed by atoms with Gasteiger partial charge in [-0.2, -0.15) is 4.98 Å². The molecule has 2 N–H and O–H groups in total. The molecule has 9 heteroatoms. The van der Waals surface area contributed by atoms with Crippen molar-refractivity contribution in [2.45, 2.75) is 68.1 Å². The van der Waals surface area contributed by atoms with Crippen LogP contribution in [0.25, 0.3) is 0 Å². The highest BCUT2D eigenvalue weighted by molar-refractivity contribution is 7.99. The first-order valence-electron chi connectivity index (χ1n) is 10.8. The monoisotopic (exact) mass is 443 g/mol. The molecular formula is C21H29N7S2. The zero-order valence-corrected chi connectivity index (χ0v) is 19.0. The Morgan fingerprint density at radius 3 is 2.67 bits per heavy atom. The number of rotatable bonds is 5. The van der Waals surface area contributed by atoms with Crippen LogP contribution in [0, 0.1) is 5.92 Å². The highest BCUT2D eigenvalue weighted by Gasteiger charge is 2.20. The molecule has 2 aromatic heterocycles. The van der Waals surface area contributed by atoms with Gasteiger partial charge in [-0.25, -0.2) is 15.0 Å². The van der Waals surface area contributed by atoms with E-state index in [1.54, 1.807) is 12.4 Å². The van der Waals surface area contributed by atoms with Crippen molar-refractivity contribution in [2.75, 3.05) is 23.3 Å². The molecule has 0 unspecified atom stereocenters. The molecule has 1 atom stereocenters. The minimum Gasteiger partial charge on any atom is -0.360 e. The Morgan fingerprint density at radius 2 is 1.90 bits per heavy atom. The predicted molar refractivity (Wildman–Crippen MR) is 125 cm³/mol. The summed E-state index contributed by atoms with van der Waals surface area (Å²) in [6, 6.07) is 4.28. The molecule has 2 aliphatic rings. The van der Waals surface area contributed by atoms with Gasteiger partial charge in [-0.3, -0.25) is 0 Å². The van der Waals surface area contributed by atoms with Gasteiger partial charge >= 0.3 is 0 Å². The molecule has 2 fully saturated rings. The fourth-order valence-corrected chi connectivity index (χ4v) is 5.05. The first-order chi connectivity index (χ1) is 14.7. The van der Waals surface area contributed by atoms with E-state index in [0.29, 0.717) is 28.2 Å². The largest absolute Gasteiger partial charge is 0.360 e. The van der Waals surface area contributed by atoms with Crippen LogP contribution in [0.15, 0.2) is 34.7 Å². The second-order valence-electron chi connectivity index (χ2n) is 8.15. The van der Waals surface area contributed by atoms with Gasteiger partial charge in [0.2, 0.25) is 5.95 Å². The Hall–Kier alpha value is -2.00. The van der Waals surface area contributed by atoms with Gasteiger partial charge in [-0.1, -0.05) is 26.2 Å². The molecule has 1 aliphatic carbocycles. The Labute approximate surface area is 187 Å². The van der Waals surface area contributed by atoms with Gasteiger partial charge in [-0.05, 0) is 61.6 Å². The summed E-state index contributed by atoms with van der Waals surface area (Å²) < 4.78 is 0. The van der Waals surface area contributed by atoms with Crippen molar-refractivity contribution in [3.05, 3.63) is 24.5 Å². The Balaban J connectivity index is 1.52. The summed E-state index contributed by atoms with van der Waals surface area (Å²) in [4.78, 5) is 20.4. The van der Waals surface area contributed by atoms with Crippen molar-refractivity contribution in [3.63, 3.8) is 0 Å². The summed E-state index contributed by atoms with van der Waals surface area (Å²) in [7, 11) is 0. The van der Waals surface area contributed by atoms with E-state index in [0.717, 1.165) is 23.9 Å². The summed E-state index contributed by atoms with van der Waals surface area (Å²) in [5.74, 6) is 2.11. The number of nitrogens with zero attached hydrogens (tertiary/aromatic N) is 5. The molecule has 0 bridgehead atoms. The van der Waals surface area contributed by atoms with E-state index in [2.05, 4.69) is 37.4 Å². The highest BCUT2D eigenvalue weighted by Crippen LogP contribution is 2.29. The normalized spacial score (nSPS) is 20.0. The van der Waals surface area contributed by atoms with E-state index < -0.39 is 0 Å². The molecule has 3 heterocycles. The van der Waals surface area contributed by atoms with Crippen molar-refractivity contribution in [3.8, 4) is 0 Å². The molecule has 0 spiro atoms. The molecule has 7 nitrogen and oxygen atoms in total. The van der Waals surface area contributed by atoms with E-state index in [4.69, 9.17) is 17.2 Å². The zero-order valence-electron chi connectivity index (χ0n) is 17.4. The fourth-order valence-electron chi connectivity index (χ4n) is 4.08. The molecule has 0 aromatic carbocycles. The fraction of sp³-hybridized carbons (Fsp3) is 0.571. The van der Waals surface area contributed by atoms with Gasteiger partial charge in [0.05, 0.1) is 0 Å². The number of hydrogen-bond donors (Lipinski definition) is 2. The van der Waals surface area contributed by atoms with E-state index in [1.165, 1.54) is 56.7 Å². The van der Waals surface area contributed by atoms with Gasteiger partial charge in [-0.15, -0.1) is 0 Å². The minimum atomic E-state index is 0.441. The van der Waals surface area contributed by atoms with Gasteiger partial charge < -0.3 is 15.5 Å². The van der Waals surface area contributed by atoms with Crippen molar-refractivity contribution >= 4 is 40.9 Å². The molecule has 0 radical (unpaired) electrons. The molecule has 30 heavy (non-hydrogen) atoms. The number of aromatic nitrogens is 4. The average Bonchev–Trinajstić information content (AvgIpc) is 2.75. The maximum absolute atomic E-state index is 5.56. The van der Waals surface area contributed by atoms with Crippen LogP contribution in [-0.4, -0.2) is 44.2 Å². The number of hydrogen-bond acceptors (Lipinski definition) is 7. The van der Waals surface area contributed by atoms with Crippen molar-refractivity contribution in [2.24, 2.45) is 5.92 Å². The van der Waals surface area contributed by atoms with Crippen LogP contribution in [0.2, 0.25) is 0 Å². The Bertz CT molecular complexity index is 843. The van der Waals surface area contributed by atoms with Gasteiger partial charge in [0.25, 0.3) is 0 Å². The summed E-state index contributed by atoms with van der Waals surface area (Å²) in [5.41, 5.74) is 0. The molecule has 160 valence electrons. The van der Waals surface area contributed by atoms with E-state index in [1.807, 2.05) is 12.1 Å². The van der Waals surface area contributed by atoms with Crippen LogP contribution < -0.4 is 15.5 Å². The van der Waals surface area contributed by atoms with Gasteiger partial charge in [0.1, 0.15) is 10.8 Å². The third-order valence-corrected chi connectivity index (χ3v) is 6.61. The van der Waals surface area contributed by atoms with Crippen LogP contribution >= 0.6 is 24.0 Å². The Morgan fingerprint density at radius 1 is 1.10 bits per heavy atom. The number of piperidine rings is 1. The molecule has 1 saturated heterocycles. The Kier molecular flexibility index (Phi) is 7.33. The molecule has 0 amide bonds. The lowest BCUT2D eigenvalue weighted by atomic mass is 9.96. The van der Waals surface area contributed by atoms with E-state index >= 15 is 0 Å². The second kappa shape index (κ2) is 10.3. The first-order valence-corrected chi connectivity index (χ1v) is 12.0. The summed E-state index contributed by atoms with van der Waals surface area (Å²) in [6.07, 6.45) is 12.1. The van der Waals surface area contributed by atoms with Crippen LogP contribution in [0.3, 0.4) is 0 Å². The van der Waals surface area contributed by atoms with Crippen LogP contribution in [0.1, 0.15) is 51.9 Å². The standard InChI is InChI=1S/C21H29N7S2/c1-15-7-5-12-28(14-15)17-13-18(30-21-22-10-6-11-23-21)26-19(25-17)27-20(29)24-16-8-3-2-4-9-16/h6,10-11,13,15-16H,2-5,7-9,12,14H2,1H3,(H2,24,25,26,27,29)/t15-/m0/s1. The summed E-state index contributed by atoms with van der Waals surface area (Å²) in [6.45, 7) is 4.31. The third kappa shape index (κ3) is 6.01. The smallest absolute Gasteiger partial charge is 0.232 e. The quantitative estimate of drug-likeness (QED) is 0.400. The zero-order chi connectivity index (χ0) is 20.8.